The Bertz CT molecular complexity index is 472. The van der Waals surface area contributed by atoms with Gasteiger partial charge in [0.15, 0.2) is 0 Å². The standard InChI is InChI=1S/C22H39NO5.2Na/c1-2-3-4-5-6-7-8-9-10-11-12-13-14-15-16-17-20(24)23-19(22(27)28)18-21(25)26;;/h9-10,19H,2-8,11-18H2,1H3,(H,23,24)(H,25,26)(H,27,28);;/q;2*+1/p-2/b10-9-;;. The molecular formula is C22H37NNa2O5. The Labute approximate surface area is 226 Å². The average molecular weight is 442 g/mol. The van der Waals surface area contributed by atoms with Crippen LogP contribution in [0.3, 0.4) is 0 Å². The van der Waals surface area contributed by atoms with Gasteiger partial charge in [-0.3, -0.25) is 4.79 Å². The number of rotatable bonds is 19. The predicted molar refractivity (Wildman–Crippen MR) is 106 cm³/mol. The van der Waals surface area contributed by atoms with Crippen LogP contribution in [0.15, 0.2) is 12.2 Å². The van der Waals surface area contributed by atoms with Crippen molar-refractivity contribution in [2.75, 3.05) is 0 Å². The summed E-state index contributed by atoms with van der Waals surface area (Å²) < 4.78 is 0. The van der Waals surface area contributed by atoms with Crippen molar-refractivity contribution in [2.24, 2.45) is 0 Å². The average Bonchev–Trinajstić information content (AvgIpc) is 2.64. The normalized spacial score (nSPS) is 11.4. The van der Waals surface area contributed by atoms with Gasteiger partial charge in [-0.1, -0.05) is 70.4 Å². The Morgan fingerprint density at radius 2 is 1.23 bits per heavy atom. The Kier molecular flexibility index (Phi) is 29.4. The van der Waals surface area contributed by atoms with Crippen molar-refractivity contribution in [3.05, 3.63) is 12.2 Å². The van der Waals surface area contributed by atoms with E-state index in [2.05, 4.69) is 24.4 Å². The summed E-state index contributed by atoms with van der Waals surface area (Å²) in [7, 11) is 0. The third-order valence-electron chi connectivity index (χ3n) is 4.66. The Hall–Kier alpha value is 0.150. The molecule has 0 bridgehead atoms. The summed E-state index contributed by atoms with van der Waals surface area (Å²) in [5.41, 5.74) is 0. The Balaban J connectivity index is -0.00000364. The van der Waals surface area contributed by atoms with Crippen LogP contribution in [0.2, 0.25) is 0 Å². The molecule has 0 aromatic carbocycles. The number of carboxylic acids is 2. The molecule has 30 heavy (non-hydrogen) atoms. The van der Waals surface area contributed by atoms with Gasteiger partial charge < -0.3 is 25.1 Å². The number of carbonyl (C=O) groups excluding carboxylic acids is 3. The number of amides is 1. The summed E-state index contributed by atoms with van der Waals surface area (Å²) in [6.07, 6.45) is 19.0. The van der Waals surface area contributed by atoms with E-state index >= 15 is 0 Å². The van der Waals surface area contributed by atoms with Crippen LogP contribution in [-0.4, -0.2) is 23.9 Å². The zero-order valence-corrected chi connectivity index (χ0v) is 23.4. The van der Waals surface area contributed by atoms with E-state index in [9.17, 15) is 24.6 Å². The third-order valence-corrected chi connectivity index (χ3v) is 4.66. The molecule has 1 amide bonds. The maximum Gasteiger partial charge on any atom is 1.00 e. The van der Waals surface area contributed by atoms with Crippen molar-refractivity contribution in [1.29, 1.82) is 0 Å². The number of carboxylic acid groups (broad SMARTS) is 2. The molecule has 6 nitrogen and oxygen atoms in total. The number of carbonyl (C=O) groups is 3. The van der Waals surface area contributed by atoms with E-state index in [1.807, 2.05) is 0 Å². The van der Waals surface area contributed by atoms with Crippen molar-refractivity contribution in [1.82, 2.24) is 5.32 Å². The zero-order chi connectivity index (χ0) is 21.0. The van der Waals surface area contributed by atoms with Crippen LogP contribution in [0.4, 0.5) is 0 Å². The van der Waals surface area contributed by atoms with E-state index in [0.717, 1.165) is 32.1 Å². The molecule has 0 aliphatic carbocycles. The summed E-state index contributed by atoms with van der Waals surface area (Å²) in [5, 5.41) is 23.4. The van der Waals surface area contributed by atoms with Gasteiger partial charge in [0.1, 0.15) is 0 Å². The van der Waals surface area contributed by atoms with Gasteiger partial charge in [0.25, 0.3) is 0 Å². The zero-order valence-electron chi connectivity index (χ0n) is 19.4. The van der Waals surface area contributed by atoms with Gasteiger partial charge in [-0.15, -0.1) is 0 Å². The van der Waals surface area contributed by atoms with Gasteiger partial charge in [0.05, 0.1) is 12.0 Å². The van der Waals surface area contributed by atoms with Gasteiger partial charge in [0.2, 0.25) is 5.91 Å². The maximum absolute atomic E-state index is 11.6. The van der Waals surface area contributed by atoms with Gasteiger partial charge in [-0.25, -0.2) is 0 Å². The summed E-state index contributed by atoms with van der Waals surface area (Å²) in [6.45, 7) is 2.23. The topological polar surface area (TPSA) is 109 Å². The number of hydrogen-bond donors (Lipinski definition) is 1. The first-order valence-corrected chi connectivity index (χ1v) is 10.8. The predicted octanol–water partition coefficient (Wildman–Crippen LogP) is -3.59. The first-order chi connectivity index (χ1) is 13.5. The van der Waals surface area contributed by atoms with Crippen molar-refractivity contribution >= 4 is 17.8 Å². The molecule has 0 aliphatic rings. The molecule has 0 radical (unpaired) electrons. The number of nitrogens with one attached hydrogen (secondary N) is 1. The summed E-state index contributed by atoms with van der Waals surface area (Å²) in [5.74, 6) is -3.61. The first-order valence-electron chi connectivity index (χ1n) is 10.8. The fraction of sp³-hybridized carbons (Fsp3) is 0.773. The van der Waals surface area contributed by atoms with E-state index in [1.54, 1.807) is 0 Å². The maximum atomic E-state index is 11.6. The van der Waals surface area contributed by atoms with Crippen LogP contribution in [0.1, 0.15) is 103 Å². The van der Waals surface area contributed by atoms with Crippen molar-refractivity contribution in [2.45, 2.75) is 109 Å². The summed E-state index contributed by atoms with van der Waals surface area (Å²) in [6, 6.07) is -1.53. The summed E-state index contributed by atoms with van der Waals surface area (Å²) in [4.78, 5) is 32.9. The molecule has 0 rings (SSSR count). The minimum absolute atomic E-state index is 0. The SMILES string of the molecule is CCCCCCCC/C=C\CCCCCCCC(=O)NC(CC(=O)[O-])C(=O)[O-].[Na+].[Na+]. The van der Waals surface area contributed by atoms with Crippen LogP contribution >= 0.6 is 0 Å². The number of aliphatic carboxylic acids is 2. The second-order valence-electron chi connectivity index (χ2n) is 7.35. The van der Waals surface area contributed by atoms with E-state index in [-0.39, 0.29) is 65.5 Å². The smallest absolute Gasteiger partial charge is 0.550 e. The van der Waals surface area contributed by atoms with Crippen LogP contribution in [-0.2, 0) is 14.4 Å². The number of allylic oxidation sites excluding steroid dienone is 2. The molecule has 0 heterocycles. The molecule has 1 unspecified atom stereocenters. The number of hydrogen-bond acceptors (Lipinski definition) is 5. The fourth-order valence-electron chi connectivity index (χ4n) is 2.98. The Morgan fingerprint density at radius 3 is 1.70 bits per heavy atom. The monoisotopic (exact) mass is 441 g/mol. The van der Waals surface area contributed by atoms with Crippen molar-refractivity contribution in [3.8, 4) is 0 Å². The summed E-state index contributed by atoms with van der Waals surface area (Å²) >= 11 is 0. The van der Waals surface area contributed by atoms with Crippen LogP contribution in [0.5, 0.6) is 0 Å². The van der Waals surface area contributed by atoms with E-state index in [0.29, 0.717) is 6.42 Å². The van der Waals surface area contributed by atoms with E-state index < -0.39 is 30.3 Å². The van der Waals surface area contributed by atoms with Gasteiger partial charge in [0, 0.05) is 18.8 Å². The second-order valence-corrected chi connectivity index (χ2v) is 7.35. The first kappa shape index (κ1) is 34.8. The molecule has 8 heteroatoms. The number of unbranched alkanes of at least 4 members (excludes halogenated alkanes) is 11. The fourth-order valence-corrected chi connectivity index (χ4v) is 2.98. The molecule has 0 aromatic heterocycles. The van der Waals surface area contributed by atoms with Crippen LogP contribution in [0.25, 0.3) is 0 Å². The molecule has 0 saturated carbocycles. The van der Waals surface area contributed by atoms with Crippen molar-refractivity contribution in [3.63, 3.8) is 0 Å². The van der Waals surface area contributed by atoms with Gasteiger partial charge in [-0.05, 0) is 32.1 Å². The van der Waals surface area contributed by atoms with Gasteiger partial charge in [-0.2, -0.15) is 0 Å². The molecule has 0 fully saturated rings. The van der Waals surface area contributed by atoms with Gasteiger partial charge >= 0.3 is 59.1 Å². The third kappa shape index (κ3) is 24.4. The second kappa shape index (κ2) is 25.4. The molecule has 1 N–H and O–H groups in total. The Morgan fingerprint density at radius 1 is 0.767 bits per heavy atom. The van der Waals surface area contributed by atoms with Crippen LogP contribution < -0.4 is 74.6 Å². The minimum atomic E-state index is -1.61. The van der Waals surface area contributed by atoms with Crippen LogP contribution in [0, 0.1) is 0 Å². The molecule has 0 saturated heterocycles. The minimum Gasteiger partial charge on any atom is -0.550 e. The molecule has 0 aromatic rings. The molecule has 0 aliphatic heterocycles. The molecular weight excluding hydrogens is 404 g/mol. The molecule has 1 atom stereocenters. The van der Waals surface area contributed by atoms with Crippen molar-refractivity contribution < 1.29 is 83.7 Å². The molecule has 0 spiro atoms. The molecule has 162 valence electrons. The van der Waals surface area contributed by atoms with E-state index in [1.165, 1.54) is 44.9 Å². The van der Waals surface area contributed by atoms with E-state index in [4.69, 9.17) is 0 Å². The largest absolute Gasteiger partial charge is 1.00 e. The quantitative estimate of drug-likeness (QED) is 0.127.